The van der Waals surface area contributed by atoms with Crippen LogP contribution < -0.4 is 10.0 Å². The third kappa shape index (κ3) is 5.65. The number of aliphatic carboxylic acids is 1. The highest BCUT2D eigenvalue weighted by Gasteiger charge is 2.23. The van der Waals surface area contributed by atoms with Crippen molar-refractivity contribution < 1.29 is 23.1 Å². The summed E-state index contributed by atoms with van der Waals surface area (Å²) in [4.78, 5) is 23.0. The minimum atomic E-state index is -3.48. The van der Waals surface area contributed by atoms with Crippen molar-refractivity contribution in [3.8, 4) is 0 Å². The van der Waals surface area contributed by atoms with Gasteiger partial charge in [-0.3, -0.25) is 4.79 Å². The highest BCUT2D eigenvalue weighted by Crippen LogP contribution is 2.11. The van der Waals surface area contributed by atoms with Crippen LogP contribution in [0.1, 0.15) is 25.8 Å². The van der Waals surface area contributed by atoms with Crippen LogP contribution in [-0.2, 0) is 26.0 Å². The number of carboxylic acid groups (broad SMARTS) is 1. The van der Waals surface area contributed by atoms with Gasteiger partial charge in [-0.15, -0.1) is 0 Å². The van der Waals surface area contributed by atoms with E-state index in [0.717, 1.165) is 5.56 Å². The molecule has 0 saturated carbocycles. The zero-order valence-electron chi connectivity index (χ0n) is 13.4. The molecule has 0 aliphatic heterocycles. The first kappa shape index (κ1) is 19.1. The molecular weight excluding hydrogens is 320 g/mol. The van der Waals surface area contributed by atoms with Crippen LogP contribution >= 0.6 is 0 Å². The first-order valence-corrected chi connectivity index (χ1v) is 8.70. The van der Waals surface area contributed by atoms with Gasteiger partial charge in [-0.2, -0.15) is 0 Å². The first-order valence-electron chi connectivity index (χ1n) is 7.22. The van der Waals surface area contributed by atoms with Gasteiger partial charge < -0.3 is 10.4 Å². The fraction of sp³-hybridized carbons (Fsp3) is 0.467. The molecule has 8 heteroatoms. The van der Waals surface area contributed by atoms with Crippen LogP contribution in [0.25, 0.3) is 0 Å². The number of carbonyl (C=O) groups excluding carboxylic acids is 1. The Morgan fingerprint density at radius 2 is 1.74 bits per heavy atom. The molecular formula is C15H22N2O5S. The Hall–Kier alpha value is -1.93. The van der Waals surface area contributed by atoms with E-state index in [1.54, 1.807) is 26.0 Å². The number of hydrogen-bond donors (Lipinski definition) is 3. The predicted molar refractivity (Wildman–Crippen MR) is 85.4 cm³/mol. The fourth-order valence-electron chi connectivity index (χ4n) is 1.97. The number of amides is 1. The van der Waals surface area contributed by atoms with E-state index in [1.807, 2.05) is 0 Å². The molecule has 23 heavy (non-hydrogen) atoms. The van der Waals surface area contributed by atoms with Crippen LogP contribution in [0.5, 0.6) is 0 Å². The van der Waals surface area contributed by atoms with Gasteiger partial charge in [0.05, 0.1) is 4.90 Å². The van der Waals surface area contributed by atoms with E-state index in [-0.39, 0.29) is 23.1 Å². The Morgan fingerprint density at radius 1 is 1.17 bits per heavy atom. The lowest BCUT2D eigenvalue weighted by Gasteiger charge is -2.17. The van der Waals surface area contributed by atoms with Gasteiger partial charge in [0, 0.05) is 6.42 Å². The standard InChI is InChI=1S/C15H22N2O5S/c1-10(2)14(15(19)20)17-13(18)9-6-11-4-7-12(8-5-11)23(21,22)16-3/h4-5,7-8,10,14,16H,6,9H2,1-3H3,(H,17,18)(H,19,20)/t14-/m0/s1. The van der Waals surface area contributed by atoms with E-state index in [4.69, 9.17) is 5.11 Å². The molecule has 1 amide bonds. The van der Waals surface area contributed by atoms with E-state index in [9.17, 15) is 18.0 Å². The molecule has 0 heterocycles. The minimum absolute atomic E-state index is 0.134. The van der Waals surface area contributed by atoms with E-state index >= 15 is 0 Å². The maximum absolute atomic E-state index is 11.8. The van der Waals surface area contributed by atoms with Crippen molar-refractivity contribution in [1.29, 1.82) is 0 Å². The summed E-state index contributed by atoms with van der Waals surface area (Å²) in [7, 11) is -2.14. The van der Waals surface area contributed by atoms with Gasteiger partial charge in [0.2, 0.25) is 15.9 Å². The second kappa shape index (κ2) is 8.07. The second-order valence-electron chi connectivity index (χ2n) is 5.48. The average molecular weight is 342 g/mol. The van der Waals surface area contributed by atoms with Crippen molar-refractivity contribution in [2.24, 2.45) is 5.92 Å². The molecule has 0 aliphatic carbocycles. The predicted octanol–water partition coefficient (Wildman–Crippen LogP) is 0.753. The third-order valence-corrected chi connectivity index (χ3v) is 4.82. The summed E-state index contributed by atoms with van der Waals surface area (Å²) in [5.41, 5.74) is 0.798. The molecule has 7 nitrogen and oxygen atoms in total. The summed E-state index contributed by atoms with van der Waals surface area (Å²) in [5.74, 6) is -1.62. The molecule has 0 fully saturated rings. The summed E-state index contributed by atoms with van der Waals surface area (Å²) >= 11 is 0. The van der Waals surface area contributed by atoms with Crippen molar-refractivity contribution in [3.63, 3.8) is 0 Å². The number of carbonyl (C=O) groups is 2. The van der Waals surface area contributed by atoms with E-state index in [1.165, 1.54) is 19.2 Å². The van der Waals surface area contributed by atoms with Gasteiger partial charge in [-0.25, -0.2) is 17.9 Å². The Labute approximate surface area is 136 Å². The number of aryl methyl sites for hydroxylation is 1. The molecule has 0 saturated heterocycles. The molecule has 1 atom stereocenters. The van der Waals surface area contributed by atoms with Crippen molar-refractivity contribution in [1.82, 2.24) is 10.0 Å². The normalized spacial score (nSPS) is 12.9. The largest absolute Gasteiger partial charge is 0.480 e. The Morgan fingerprint density at radius 3 is 2.17 bits per heavy atom. The Balaban J connectivity index is 2.62. The van der Waals surface area contributed by atoms with Gasteiger partial charge in [0.15, 0.2) is 0 Å². The van der Waals surface area contributed by atoms with Gasteiger partial charge >= 0.3 is 5.97 Å². The van der Waals surface area contributed by atoms with Gasteiger partial charge in [0.25, 0.3) is 0 Å². The maximum atomic E-state index is 11.8. The molecule has 1 rings (SSSR count). The molecule has 0 radical (unpaired) electrons. The van der Waals surface area contributed by atoms with Gasteiger partial charge in [-0.1, -0.05) is 26.0 Å². The summed E-state index contributed by atoms with van der Waals surface area (Å²) in [5, 5.41) is 11.5. The van der Waals surface area contributed by atoms with Crippen molar-refractivity contribution in [2.75, 3.05) is 7.05 Å². The van der Waals surface area contributed by atoms with Crippen LogP contribution in [0.15, 0.2) is 29.2 Å². The van der Waals surface area contributed by atoms with Crippen LogP contribution in [0.2, 0.25) is 0 Å². The second-order valence-corrected chi connectivity index (χ2v) is 7.37. The van der Waals surface area contributed by atoms with Crippen LogP contribution in [0, 0.1) is 5.92 Å². The van der Waals surface area contributed by atoms with Crippen molar-refractivity contribution >= 4 is 21.9 Å². The molecule has 0 spiro atoms. The van der Waals surface area contributed by atoms with Crippen LogP contribution in [0.4, 0.5) is 0 Å². The lowest BCUT2D eigenvalue weighted by Crippen LogP contribution is -2.44. The third-order valence-electron chi connectivity index (χ3n) is 3.39. The molecule has 0 aromatic heterocycles. The van der Waals surface area contributed by atoms with Crippen molar-refractivity contribution in [3.05, 3.63) is 29.8 Å². The fourth-order valence-corrected chi connectivity index (χ4v) is 2.70. The van der Waals surface area contributed by atoms with Crippen molar-refractivity contribution in [2.45, 2.75) is 37.6 Å². The quantitative estimate of drug-likeness (QED) is 0.645. The molecule has 0 unspecified atom stereocenters. The lowest BCUT2D eigenvalue weighted by atomic mass is 10.0. The minimum Gasteiger partial charge on any atom is -0.480 e. The summed E-state index contributed by atoms with van der Waals surface area (Å²) in [6.07, 6.45) is 0.533. The molecule has 0 aliphatic rings. The average Bonchev–Trinajstić information content (AvgIpc) is 2.50. The Kier molecular flexibility index (Phi) is 6.71. The molecule has 1 aromatic rings. The maximum Gasteiger partial charge on any atom is 0.326 e. The van der Waals surface area contributed by atoms with E-state index in [0.29, 0.717) is 6.42 Å². The summed E-state index contributed by atoms with van der Waals surface area (Å²) in [6.45, 7) is 3.44. The van der Waals surface area contributed by atoms with E-state index < -0.39 is 22.0 Å². The van der Waals surface area contributed by atoms with E-state index in [2.05, 4.69) is 10.0 Å². The number of benzene rings is 1. The smallest absolute Gasteiger partial charge is 0.326 e. The number of sulfonamides is 1. The number of carboxylic acids is 1. The molecule has 3 N–H and O–H groups in total. The Bertz CT molecular complexity index is 653. The summed E-state index contributed by atoms with van der Waals surface area (Å²) < 4.78 is 25.4. The SMILES string of the molecule is CNS(=O)(=O)c1ccc(CCC(=O)N[C@H](C(=O)O)C(C)C)cc1. The first-order chi connectivity index (χ1) is 10.7. The monoisotopic (exact) mass is 342 g/mol. The zero-order chi connectivity index (χ0) is 17.6. The molecule has 0 bridgehead atoms. The highest BCUT2D eigenvalue weighted by atomic mass is 32.2. The number of hydrogen-bond acceptors (Lipinski definition) is 4. The van der Waals surface area contributed by atoms with Gasteiger partial charge in [-0.05, 0) is 37.1 Å². The lowest BCUT2D eigenvalue weighted by molar-refractivity contribution is -0.143. The molecule has 128 valence electrons. The van der Waals surface area contributed by atoms with Crippen LogP contribution in [0.3, 0.4) is 0 Å². The topological polar surface area (TPSA) is 113 Å². The van der Waals surface area contributed by atoms with Crippen LogP contribution in [-0.4, -0.2) is 38.5 Å². The summed E-state index contributed by atoms with van der Waals surface area (Å²) in [6, 6.07) is 5.29. The number of rotatable bonds is 8. The van der Waals surface area contributed by atoms with Gasteiger partial charge in [0.1, 0.15) is 6.04 Å². The number of nitrogens with one attached hydrogen (secondary N) is 2. The molecule has 1 aromatic carbocycles. The zero-order valence-corrected chi connectivity index (χ0v) is 14.2. The highest BCUT2D eigenvalue weighted by molar-refractivity contribution is 7.89.